The summed E-state index contributed by atoms with van der Waals surface area (Å²) in [5.41, 5.74) is 4.40. The Morgan fingerprint density at radius 3 is 1.55 bits per heavy atom. The Bertz CT molecular complexity index is 1430. The second kappa shape index (κ2) is 13.2. The van der Waals surface area contributed by atoms with Crippen molar-refractivity contribution in [3.63, 3.8) is 0 Å². The molecule has 0 aliphatic heterocycles. The maximum absolute atomic E-state index is 3.35. The summed E-state index contributed by atoms with van der Waals surface area (Å²) in [5.74, 6) is 0.573. The molecule has 0 fully saturated rings. The molecule has 1 unspecified atom stereocenters. The molecule has 38 heavy (non-hydrogen) atoms. The van der Waals surface area contributed by atoms with E-state index in [0.717, 1.165) is 0 Å². The molecule has 0 amide bonds. The Kier molecular flexibility index (Phi) is 9.70. The van der Waals surface area contributed by atoms with E-state index in [1.54, 1.807) is 0 Å². The van der Waals surface area contributed by atoms with Crippen LogP contribution in [0, 0.1) is 17.4 Å². The number of rotatable bonds is 3. The van der Waals surface area contributed by atoms with Gasteiger partial charge in [0.25, 0.3) is 0 Å². The second-order valence-corrected chi connectivity index (χ2v) is 11.9. The standard InChI is InChI=1S/C13H9.C13H10.C11H17.Zr/c1-3-7-12-10(5-1)9-11-6-2-4-8-13(11)12;1-3-7-12(8-4-1)11-13-9-5-2-6-10-13;1-5-9-6-7-10(8-9)11(2,3)4;/h1-9H;1-10H;7-9H,5H2,1-4H3;/q-1;;-1;+2. The quantitative estimate of drug-likeness (QED) is 0.189. The van der Waals surface area contributed by atoms with Crippen LogP contribution in [0.3, 0.4) is 0 Å². The van der Waals surface area contributed by atoms with Gasteiger partial charge in [-0.15, -0.1) is 39.7 Å². The van der Waals surface area contributed by atoms with Crippen molar-refractivity contribution in [3.8, 4) is 0 Å². The molecule has 5 aromatic carbocycles. The van der Waals surface area contributed by atoms with Gasteiger partial charge in [-0.2, -0.15) is 11.6 Å². The van der Waals surface area contributed by atoms with E-state index < -0.39 is 0 Å². The van der Waals surface area contributed by atoms with Crippen LogP contribution in [0.2, 0.25) is 0 Å². The first-order valence-electron chi connectivity index (χ1n) is 13.4. The van der Waals surface area contributed by atoms with Gasteiger partial charge in [0, 0.05) is 0 Å². The van der Waals surface area contributed by atoms with E-state index in [4.69, 9.17) is 0 Å². The van der Waals surface area contributed by atoms with E-state index >= 15 is 0 Å². The molecular weight excluding hydrogens is 536 g/mol. The van der Waals surface area contributed by atoms with Crippen molar-refractivity contribution in [1.29, 1.82) is 0 Å². The van der Waals surface area contributed by atoms with E-state index in [0.29, 0.717) is 11.3 Å². The molecule has 5 aromatic rings. The Morgan fingerprint density at radius 2 is 1.16 bits per heavy atom. The molecule has 1 heteroatoms. The summed E-state index contributed by atoms with van der Waals surface area (Å²) in [7, 11) is 0. The van der Waals surface area contributed by atoms with Gasteiger partial charge in [0.1, 0.15) is 0 Å². The van der Waals surface area contributed by atoms with Gasteiger partial charge in [0.15, 0.2) is 0 Å². The van der Waals surface area contributed by atoms with Crippen LogP contribution < -0.4 is 0 Å². The zero-order valence-electron chi connectivity index (χ0n) is 22.9. The Morgan fingerprint density at radius 1 is 0.711 bits per heavy atom. The van der Waals surface area contributed by atoms with Gasteiger partial charge in [0.2, 0.25) is 0 Å². The predicted molar refractivity (Wildman–Crippen MR) is 162 cm³/mol. The first-order valence-corrected chi connectivity index (χ1v) is 14.6. The Labute approximate surface area is 243 Å². The molecule has 0 saturated heterocycles. The van der Waals surface area contributed by atoms with E-state index in [2.05, 4.69) is 161 Å². The number of fused-ring (bicyclic) bond motifs is 3. The van der Waals surface area contributed by atoms with E-state index in [1.165, 1.54) is 72.1 Å². The van der Waals surface area contributed by atoms with Gasteiger partial charge in [0.05, 0.1) is 0 Å². The molecule has 6 rings (SSSR count). The van der Waals surface area contributed by atoms with E-state index in [9.17, 15) is 0 Å². The van der Waals surface area contributed by atoms with Crippen LogP contribution in [0.4, 0.5) is 0 Å². The minimum atomic E-state index is 0.302. The molecule has 0 N–H and O–H groups in total. The third-order valence-corrected chi connectivity index (χ3v) is 8.21. The summed E-state index contributed by atoms with van der Waals surface area (Å²) in [5, 5.41) is 5.39. The van der Waals surface area contributed by atoms with Gasteiger partial charge in [-0.1, -0.05) is 81.8 Å². The summed E-state index contributed by atoms with van der Waals surface area (Å²) < 4.78 is 1.42. The van der Waals surface area contributed by atoms with Crippen molar-refractivity contribution in [2.24, 2.45) is 11.3 Å². The van der Waals surface area contributed by atoms with Gasteiger partial charge in [-0.05, 0) is 0 Å². The molecule has 0 bridgehead atoms. The summed E-state index contributed by atoms with van der Waals surface area (Å²) in [6, 6.07) is 40.4. The largest absolute Gasteiger partial charge is 0.126 e. The van der Waals surface area contributed by atoms with Crippen LogP contribution in [-0.4, -0.2) is 3.21 Å². The van der Waals surface area contributed by atoms with Crippen LogP contribution in [0.5, 0.6) is 0 Å². The fourth-order valence-electron chi connectivity index (χ4n) is 4.49. The second-order valence-electron chi connectivity index (χ2n) is 10.6. The van der Waals surface area contributed by atoms with Gasteiger partial charge < -0.3 is 0 Å². The summed E-state index contributed by atoms with van der Waals surface area (Å²) in [6.07, 6.45) is 9.00. The Hall–Kier alpha value is -3.02. The van der Waals surface area contributed by atoms with Crippen LogP contribution in [-0.2, 0) is 24.2 Å². The van der Waals surface area contributed by atoms with E-state index in [-0.39, 0.29) is 0 Å². The fraction of sp³-hybridized carbons (Fsp3) is 0.189. The van der Waals surface area contributed by atoms with Gasteiger partial charge in [-0.3, -0.25) is 6.08 Å². The van der Waals surface area contributed by atoms with Crippen LogP contribution in [0.1, 0.15) is 45.2 Å². The monoisotopic (exact) mass is 570 g/mol. The third kappa shape index (κ3) is 7.30. The Balaban J connectivity index is 0.000000134. The third-order valence-electron chi connectivity index (χ3n) is 6.79. The predicted octanol–water partition coefficient (Wildman–Crippen LogP) is 9.87. The molecular formula is C37H36Zr. The first kappa shape index (κ1) is 28.0. The minimum absolute atomic E-state index is 0.302. The van der Waals surface area contributed by atoms with Gasteiger partial charge in [-0.25, -0.2) is 6.08 Å². The maximum Gasteiger partial charge on any atom is -0.0771 e. The average Bonchev–Trinajstić information content (AvgIpc) is 3.60. The fourth-order valence-corrected chi connectivity index (χ4v) is 5.31. The molecule has 0 aromatic heterocycles. The van der Waals surface area contributed by atoms with Crippen molar-refractivity contribution in [1.82, 2.24) is 0 Å². The normalized spacial score (nSPS) is 14.4. The SMILES string of the molecule is CCC1[C-]=CC(C(C)(C)C)=C1.[Zr+2]=[C](c1ccccc1)c1ccccc1.c1ccc2c(c1)[cH-]c1ccccc12. The van der Waals surface area contributed by atoms with Crippen molar-refractivity contribution in [2.45, 2.75) is 34.1 Å². The summed E-state index contributed by atoms with van der Waals surface area (Å²) >= 11 is 1.46. The summed E-state index contributed by atoms with van der Waals surface area (Å²) in [6.45, 7) is 8.94. The zero-order chi connectivity index (χ0) is 27.0. The number of allylic oxidation sites excluding steroid dienone is 4. The van der Waals surface area contributed by atoms with Crippen LogP contribution in [0.25, 0.3) is 21.5 Å². The molecule has 0 nitrogen and oxygen atoms in total. The number of benzene rings is 4. The maximum atomic E-state index is 3.35. The molecule has 0 heterocycles. The van der Waals surface area contributed by atoms with Crippen LogP contribution in [0.15, 0.2) is 133 Å². The number of hydrogen-bond donors (Lipinski definition) is 0. The smallest absolute Gasteiger partial charge is 0.0771 e. The van der Waals surface area contributed by atoms with Crippen molar-refractivity contribution < 1.29 is 24.2 Å². The topological polar surface area (TPSA) is 0 Å². The first-order chi connectivity index (χ1) is 18.4. The molecule has 0 spiro atoms. The van der Waals surface area contributed by atoms with Crippen molar-refractivity contribution in [2.75, 3.05) is 0 Å². The zero-order valence-corrected chi connectivity index (χ0v) is 25.4. The molecule has 1 aliphatic rings. The molecule has 188 valence electrons. The van der Waals surface area contributed by atoms with Crippen molar-refractivity contribution >= 4 is 24.8 Å². The minimum Gasteiger partial charge on any atom is -0.126 e. The molecule has 0 saturated carbocycles. The molecule has 0 radical (unpaired) electrons. The molecule has 1 atom stereocenters. The van der Waals surface area contributed by atoms with E-state index in [1.807, 2.05) is 0 Å². The average molecular weight is 572 g/mol. The van der Waals surface area contributed by atoms with Gasteiger partial charge >= 0.3 is 99.2 Å². The number of hydrogen-bond acceptors (Lipinski definition) is 0. The van der Waals surface area contributed by atoms with Crippen molar-refractivity contribution in [3.05, 3.63) is 150 Å². The van der Waals surface area contributed by atoms with Crippen LogP contribution >= 0.6 is 0 Å². The molecule has 1 aliphatic carbocycles. The summed E-state index contributed by atoms with van der Waals surface area (Å²) in [4.78, 5) is 0.